The molecular formula is C31H36N4O5. The van der Waals surface area contributed by atoms with Gasteiger partial charge in [-0.15, -0.1) is 0 Å². The molecule has 2 saturated heterocycles. The highest BCUT2D eigenvalue weighted by Crippen LogP contribution is 2.32. The minimum absolute atomic E-state index is 0.00110. The molecule has 0 aromatic heterocycles. The molecule has 2 aliphatic heterocycles. The molecule has 0 radical (unpaired) electrons. The summed E-state index contributed by atoms with van der Waals surface area (Å²) in [4.78, 5) is 33.3. The number of ether oxygens (including phenoxy) is 3. The Kier molecular flexibility index (Phi) is 8.28. The van der Waals surface area contributed by atoms with Gasteiger partial charge in [0.2, 0.25) is 0 Å². The lowest BCUT2D eigenvalue weighted by Gasteiger charge is -2.38. The van der Waals surface area contributed by atoms with Gasteiger partial charge in [-0.25, -0.2) is 0 Å². The van der Waals surface area contributed by atoms with E-state index in [4.69, 9.17) is 14.2 Å². The normalized spacial score (nSPS) is 15.1. The third-order valence-electron chi connectivity index (χ3n) is 7.54. The van der Waals surface area contributed by atoms with Crippen LogP contribution in [0.2, 0.25) is 0 Å². The van der Waals surface area contributed by atoms with E-state index in [1.807, 2.05) is 35.2 Å². The maximum Gasteiger partial charge on any atom is 0.256 e. The SMILES string of the molecule is COc1cc(OC)cc(C(=O)Nc2ccc(N3CCN(c4ccccc4OC)CC3)c(C(=O)N3CCCC3)c2)c1. The molecule has 1 N–H and O–H groups in total. The third-order valence-corrected chi connectivity index (χ3v) is 7.54. The molecule has 0 aliphatic carbocycles. The van der Waals surface area contributed by atoms with Crippen molar-refractivity contribution in [3.63, 3.8) is 0 Å². The van der Waals surface area contributed by atoms with Gasteiger partial charge in [0.25, 0.3) is 11.8 Å². The highest BCUT2D eigenvalue weighted by atomic mass is 16.5. The first-order chi connectivity index (χ1) is 19.5. The van der Waals surface area contributed by atoms with Gasteiger partial charge in [-0.2, -0.15) is 0 Å². The molecular weight excluding hydrogens is 508 g/mol. The van der Waals surface area contributed by atoms with E-state index >= 15 is 0 Å². The Hall–Kier alpha value is -4.40. The summed E-state index contributed by atoms with van der Waals surface area (Å²) >= 11 is 0. The van der Waals surface area contributed by atoms with Gasteiger partial charge in [0.15, 0.2) is 0 Å². The van der Waals surface area contributed by atoms with Crippen LogP contribution in [0.3, 0.4) is 0 Å². The van der Waals surface area contributed by atoms with E-state index < -0.39 is 0 Å². The van der Waals surface area contributed by atoms with Crippen molar-refractivity contribution in [2.45, 2.75) is 12.8 Å². The standard InChI is InChI=1S/C31H36N4O5/c1-38-24-18-22(19-25(21-24)39-2)30(36)32-23-10-11-27(26(20-23)31(37)35-12-6-7-13-35)33-14-16-34(17-15-33)28-8-4-5-9-29(28)40-3/h4-5,8-11,18-21H,6-7,12-17H2,1-3H3,(H,32,36). The van der Waals surface area contributed by atoms with Gasteiger partial charge in [0.05, 0.1) is 32.6 Å². The first-order valence-electron chi connectivity index (χ1n) is 13.6. The molecule has 0 atom stereocenters. The predicted molar refractivity (Wildman–Crippen MR) is 156 cm³/mol. The minimum atomic E-state index is -0.310. The second kappa shape index (κ2) is 12.2. The quantitative estimate of drug-likeness (QED) is 0.446. The summed E-state index contributed by atoms with van der Waals surface area (Å²) in [6.45, 7) is 4.61. The molecule has 3 aromatic carbocycles. The van der Waals surface area contributed by atoms with Crippen molar-refractivity contribution in [2.75, 3.05) is 75.7 Å². The third kappa shape index (κ3) is 5.78. The number of carbonyl (C=O) groups excluding carboxylic acids is 2. The Balaban J connectivity index is 1.38. The van der Waals surface area contributed by atoms with Crippen LogP contribution in [0.1, 0.15) is 33.6 Å². The summed E-state index contributed by atoms with van der Waals surface area (Å²) in [6.07, 6.45) is 2.01. The zero-order valence-electron chi connectivity index (χ0n) is 23.3. The smallest absolute Gasteiger partial charge is 0.256 e. The first-order valence-corrected chi connectivity index (χ1v) is 13.6. The molecule has 3 aromatic rings. The Morgan fingerprint density at radius 3 is 1.95 bits per heavy atom. The number of nitrogens with zero attached hydrogens (tertiary/aromatic N) is 3. The zero-order chi connectivity index (χ0) is 28.1. The summed E-state index contributed by atoms with van der Waals surface area (Å²) in [6, 6.07) is 18.7. The van der Waals surface area contributed by atoms with Crippen LogP contribution in [0.25, 0.3) is 0 Å². The van der Waals surface area contributed by atoms with Gasteiger partial charge >= 0.3 is 0 Å². The summed E-state index contributed by atoms with van der Waals surface area (Å²) in [5, 5.41) is 2.96. The van der Waals surface area contributed by atoms with Gasteiger partial charge in [-0.1, -0.05) is 12.1 Å². The number of methoxy groups -OCH3 is 3. The Labute approximate surface area is 235 Å². The lowest BCUT2D eigenvalue weighted by Crippen LogP contribution is -2.47. The van der Waals surface area contributed by atoms with Crippen molar-refractivity contribution in [1.82, 2.24) is 4.90 Å². The molecule has 5 rings (SSSR count). The minimum Gasteiger partial charge on any atom is -0.497 e. The van der Waals surface area contributed by atoms with E-state index in [0.29, 0.717) is 28.3 Å². The van der Waals surface area contributed by atoms with E-state index in [0.717, 1.165) is 69.2 Å². The molecule has 9 heteroatoms. The molecule has 0 spiro atoms. The molecule has 2 heterocycles. The lowest BCUT2D eigenvalue weighted by atomic mass is 10.1. The van der Waals surface area contributed by atoms with Crippen LogP contribution >= 0.6 is 0 Å². The highest BCUT2D eigenvalue weighted by Gasteiger charge is 2.27. The molecule has 0 bridgehead atoms. The van der Waals surface area contributed by atoms with E-state index in [1.54, 1.807) is 45.6 Å². The molecule has 2 fully saturated rings. The number of hydrogen-bond donors (Lipinski definition) is 1. The van der Waals surface area contributed by atoms with Crippen LogP contribution < -0.4 is 29.3 Å². The van der Waals surface area contributed by atoms with Crippen molar-refractivity contribution < 1.29 is 23.8 Å². The largest absolute Gasteiger partial charge is 0.497 e. The van der Waals surface area contributed by atoms with Gasteiger partial charge in [-0.05, 0) is 55.3 Å². The Morgan fingerprint density at radius 2 is 1.32 bits per heavy atom. The van der Waals surface area contributed by atoms with E-state index in [9.17, 15) is 9.59 Å². The second-order valence-corrected chi connectivity index (χ2v) is 9.93. The summed E-state index contributed by atoms with van der Waals surface area (Å²) in [5.74, 6) is 1.59. The number of hydrogen-bond acceptors (Lipinski definition) is 7. The topological polar surface area (TPSA) is 83.6 Å². The number of amides is 2. The van der Waals surface area contributed by atoms with Crippen LogP contribution in [-0.2, 0) is 0 Å². The second-order valence-electron chi connectivity index (χ2n) is 9.93. The fourth-order valence-corrected chi connectivity index (χ4v) is 5.37. The van der Waals surface area contributed by atoms with Crippen LogP contribution in [0.5, 0.6) is 17.2 Å². The van der Waals surface area contributed by atoms with Crippen molar-refractivity contribution in [1.29, 1.82) is 0 Å². The van der Waals surface area contributed by atoms with Crippen LogP contribution in [0.15, 0.2) is 60.7 Å². The van der Waals surface area contributed by atoms with Crippen molar-refractivity contribution in [3.8, 4) is 17.2 Å². The number of likely N-dealkylation sites (tertiary alicyclic amines) is 1. The van der Waals surface area contributed by atoms with Crippen molar-refractivity contribution in [2.24, 2.45) is 0 Å². The average molecular weight is 545 g/mol. The maximum absolute atomic E-state index is 13.7. The summed E-state index contributed by atoms with van der Waals surface area (Å²) < 4.78 is 16.2. The molecule has 0 saturated carbocycles. The number of piperazine rings is 1. The van der Waals surface area contributed by atoms with Gasteiger partial charge in [-0.3, -0.25) is 9.59 Å². The summed E-state index contributed by atoms with van der Waals surface area (Å²) in [7, 11) is 4.78. The maximum atomic E-state index is 13.7. The number of rotatable bonds is 8. The van der Waals surface area contributed by atoms with E-state index in [-0.39, 0.29) is 11.8 Å². The number of benzene rings is 3. The molecule has 9 nitrogen and oxygen atoms in total. The van der Waals surface area contributed by atoms with Gasteiger partial charge in [0, 0.05) is 62.3 Å². The molecule has 0 unspecified atom stereocenters. The number of anilines is 3. The van der Waals surface area contributed by atoms with E-state index in [2.05, 4.69) is 21.2 Å². The molecule has 2 aliphatic rings. The summed E-state index contributed by atoms with van der Waals surface area (Å²) in [5.41, 5.74) is 3.53. The van der Waals surface area contributed by atoms with Crippen molar-refractivity contribution >= 4 is 28.9 Å². The van der Waals surface area contributed by atoms with E-state index in [1.165, 1.54) is 0 Å². The average Bonchev–Trinajstić information content (AvgIpc) is 3.55. The van der Waals surface area contributed by atoms with Crippen LogP contribution in [-0.4, -0.2) is 77.3 Å². The monoisotopic (exact) mass is 544 g/mol. The zero-order valence-corrected chi connectivity index (χ0v) is 23.3. The molecule has 40 heavy (non-hydrogen) atoms. The fourth-order valence-electron chi connectivity index (χ4n) is 5.37. The molecule has 2 amide bonds. The Bertz CT molecular complexity index is 1340. The fraction of sp³-hybridized carbons (Fsp3) is 0.355. The highest BCUT2D eigenvalue weighted by molar-refractivity contribution is 6.07. The van der Waals surface area contributed by atoms with Gasteiger partial charge < -0.3 is 34.2 Å². The predicted octanol–water partition coefficient (Wildman–Crippen LogP) is 4.53. The Morgan fingerprint density at radius 1 is 0.700 bits per heavy atom. The first kappa shape index (κ1) is 27.2. The number of nitrogens with one attached hydrogen (secondary N) is 1. The van der Waals surface area contributed by atoms with Crippen LogP contribution in [0, 0.1) is 0 Å². The van der Waals surface area contributed by atoms with Crippen LogP contribution in [0.4, 0.5) is 17.1 Å². The lowest BCUT2D eigenvalue weighted by molar-refractivity contribution is 0.0793. The molecule has 210 valence electrons. The number of carbonyl (C=O) groups is 2. The van der Waals surface area contributed by atoms with Crippen molar-refractivity contribution in [3.05, 3.63) is 71.8 Å². The van der Waals surface area contributed by atoms with Gasteiger partial charge in [0.1, 0.15) is 17.2 Å². The number of para-hydroxylation sites is 2.